The molecule has 0 bridgehead atoms. The van der Waals surface area contributed by atoms with Gasteiger partial charge in [-0.1, -0.05) is 67.8 Å². The van der Waals surface area contributed by atoms with E-state index >= 15 is 0 Å². The first kappa shape index (κ1) is 22.4. The van der Waals surface area contributed by atoms with Crippen molar-refractivity contribution < 1.29 is 9.59 Å². The Hall–Kier alpha value is -3.92. The predicted octanol–water partition coefficient (Wildman–Crippen LogP) is 5.76. The van der Waals surface area contributed by atoms with Crippen molar-refractivity contribution in [1.82, 2.24) is 0 Å². The highest BCUT2D eigenvalue weighted by atomic mass is 16.2. The summed E-state index contributed by atoms with van der Waals surface area (Å²) < 4.78 is 0. The lowest BCUT2D eigenvalue weighted by Crippen LogP contribution is -2.26. The summed E-state index contributed by atoms with van der Waals surface area (Å²) in [4.78, 5) is 26.6. The summed E-state index contributed by atoms with van der Waals surface area (Å²) in [5, 5.41) is 0. The van der Waals surface area contributed by atoms with Gasteiger partial charge < -0.3 is 4.90 Å². The van der Waals surface area contributed by atoms with Gasteiger partial charge >= 0.3 is 0 Å². The Morgan fingerprint density at radius 3 is 1.43 bits per heavy atom. The zero-order valence-electron chi connectivity index (χ0n) is 17.4. The summed E-state index contributed by atoms with van der Waals surface area (Å²) in [6.07, 6.45) is 1.32. The van der Waals surface area contributed by atoms with Crippen LogP contribution in [0.15, 0.2) is 116 Å². The molecule has 0 N–H and O–H groups in total. The molecule has 0 fully saturated rings. The van der Waals surface area contributed by atoms with Gasteiger partial charge in [-0.15, -0.1) is 0 Å². The number of nitrogens with zero attached hydrogens (tertiary/aromatic N) is 2. The van der Waals surface area contributed by atoms with Gasteiger partial charge in [0.25, 0.3) is 11.8 Å². The fraction of sp³-hybridized carbons (Fsp3) is 0.0769. The fourth-order valence-electron chi connectivity index (χ4n) is 2.70. The van der Waals surface area contributed by atoms with Crippen LogP contribution in [0.2, 0.25) is 0 Å². The Balaban J connectivity index is 0.000000222. The van der Waals surface area contributed by atoms with Gasteiger partial charge in [-0.3, -0.25) is 14.5 Å². The lowest BCUT2D eigenvalue weighted by Gasteiger charge is -2.21. The molecule has 0 spiro atoms. The first-order chi connectivity index (χ1) is 14.5. The molecule has 0 saturated carbocycles. The van der Waals surface area contributed by atoms with E-state index in [0.29, 0.717) is 5.57 Å². The van der Waals surface area contributed by atoms with Gasteiger partial charge in [-0.05, 0) is 49.4 Å². The van der Waals surface area contributed by atoms with Crippen molar-refractivity contribution in [2.75, 3.05) is 16.8 Å². The van der Waals surface area contributed by atoms with E-state index in [4.69, 9.17) is 0 Å². The third-order valence-corrected chi connectivity index (χ3v) is 4.24. The molecule has 4 heteroatoms. The molecule has 0 atom stereocenters. The van der Waals surface area contributed by atoms with Crippen LogP contribution in [0, 0.1) is 0 Å². The van der Waals surface area contributed by atoms with Gasteiger partial charge in [0.05, 0.1) is 0 Å². The molecule has 152 valence electrons. The second kappa shape index (κ2) is 11.2. The number of hydrogen-bond acceptors (Lipinski definition) is 2. The normalized spacial score (nSPS) is 9.53. The number of amides is 2. The third-order valence-electron chi connectivity index (χ3n) is 4.24. The highest BCUT2D eigenvalue weighted by Gasteiger charge is 2.14. The van der Waals surface area contributed by atoms with Crippen LogP contribution in [-0.4, -0.2) is 18.9 Å². The molecule has 30 heavy (non-hydrogen) atoms. The van der Waals surface area contributed by atoms with Crippen LogP contribution in [0.5, 0.6) is 0 Å². The minimum absolute atomic E-state index is 0.0498. The van der Waals surface area contributed by atoms with Gasteiger partial charge in [0.2, 0.25) is 0 Å². The van der Waals surface area contributed by atoms with Crippen molar-refractivity contribution in [1.29, 1.82) is 0 Å². The molecule has 0 heterocycles. The molecule has 0 radical (unpaired) electrons. The van der Waals surface area contributed by atoms with E-state index < -0.39 is 0 Å². The molecule has 0 saturated heterocycles. The topological polar surface area (TPSA) is 40.6 Å². The second-order valence-electron chi connectivity index (χ2n) is 6.53. The number of carbonyl (C=O) groups excluding carboxylic acids is 2. The van der Waals surface area contributed by atoms with Gasteiger partial charge in [-0.25, -0.2) is 0 Å². The molecule has 0 unspecified atom stereocenters. The zero-order chi connectivity index (χ0) is 21.9. The Morgan fingerprint density at radius 2 is 1.10 bits per heavy atom. The maximum absolute atomic E-state index is 11.9. The SMILES string of the molecule is C=C(C)C(=O)N(C)c1ccccc1.C=CC(=O)N(c1ccccc1)c1ccccc1. The average molecular weight is 399 g/mol. The Labute approximate surface area is 178 Å². The van der Waals surface area contributed by atoms with Crippen molar-refractivity contribution in [2.24, 2.45) is 0 Å². The van der Waals surface area contributed by atoms with Crippen LogP contribution < -0.4 is 9.80 Å². The van der Waals surface area contributed by atoms with Crippen LogP contribution in [0.1, 0.15) is 6.92 Å². The number of likely N-dealkylation sites (N-methyl/N-ethyl adjacent to an activating group) is 1. The molecular weight excluding hydrogens is 372 g/mol. The van der Waals surface area contributed by atoms with Crippen molar-refractivity contribution in [2.45, 2.75) is 6.92 Å². The van der Waals surface area contributed by atoms with E-state index in [1.807, 2.05) is 91.0 Å². The maximum atomic E-state index is 11.9. The van der Waals surface area contributed by atoms with Crippen molar-refractivity contribution in [3.63, 3.8) is 0 Å². The van der Waals surface area contributed by atoms with Gasteiger partial charge in [0.15, 0.2) is 0 Å². The van der Waals surface area contributed by atoms with Crippen LogP contribution >= 0.6 is 0 Å². The standard InChI is InChI=1S/C15H13NO.C11H13NO/c1-2-15(17)16(13-9-5-3-6-10-13)14-11-7-4-8-12-14;1-9(2)11(13)12(3)10-7-5-4-6-8-10/h2-12H,1H2;4-8H,1H2,2-3H3. The highest BCUT2D eigenvalue weighted by Crippen LogP contribution is 2.25. The number of para-hydroxylation sites is 3. The quantitative estimate of drug-likeness (QED) is 0.513. The Morgan fingerprint density at radius 1 is 0.733 bits per heavy atom. The van der Waals surface area contributed by atoms with E-state index in [-0.39, 0.29) is 11.8 Å². The van der Waals surface area contributed by atoms with Gasteiger partial charge in [0.1, 0.15) is 0 Å². The smallest absolute Gasteiger partial charge is 0.254 e. The number of anilines is 3. The van der Waals surface area contributed by atoms with Crippen LogP contribution in [0.4, 0.5) is 17.1 Å². The number of hydrogen-bond donors (Lipinski definition) is 0. The van der Waals surface area contributed by atoms with Crippen molar-refractivity contribution in [3.05, 3.63) is 116 Å². The second-order valence-corrected chi connectivity index (χ2v) is 6.53. The van der Waals surface area contributed by atoms with E-state index in [1.165, 1.54) is 6.08 Å². The predicted molar refractivity (Wildman–Crippen MR) is 125 cm³/mol. The number of carbonyl (C=O) groups is 2. The molecule has 0 aliphatic carbocycles. The lowest BCUT2D eigenvalue weighted by atomic mass is 10.2. The summed E-state index contributed by atoms with van der Waals surface area (Å²) >= 11 is 0. The molecule has 3 rings (SSSR count). The zero-order valence-corrected chi connectivity index (χ0v) is 17.4. The van der Waals surface area contributed by atoms with Crippen molar-refractivity contribution in [3.8, 4) is 0 Å². The number of benzene rings is 3. The first-order valence-electron chi connectivity index (χ1n) is 9.51. The average Bonchev–Trinajstić information content (AvgIpc) is 2.80. The summed E-state index contributed by atoms with van der Waals surface area (Å²) in [5.74, 6) is -0.186. The summed E-state index contributed by atoms with van der Waals surface area (Å²) in [7, 11) is 1.74. The molecule has 3 aromatic carbocycles. The largest absolute Gasteiger partial charge is 0.312 e. The van der Waals surface area contributed by atoms with E-state index in [2.05, 4.69) is 13.2 Å². The lowest BCUT2D eigenvalue weighted by molar-refractivity contribution is -0.115. The van der Waals surface area contributed by atoms with Crippen molar-refractivity contribution >= 4 is 28.9 Å². The van der Waals surface area contributed by atoms with E-state index in [1.54, 1.807) is 23.8 Å². The first-order valence-corrected chi connectivity index (χ1v) is 9.51. The van der Waals surface area contributed by atoms with Gasteiger partial charge in [-0.2, -0.15) is 0 Å². The molecule has 4 nitrogen and oxygen atoms in total. The molecule has 3 aromatic rings. The summed E-state index contributed by atoms with van der Waals surface area (Å²) in [6, 6.07) is 28.5. The molecule has 0 aliphatic rings. The molecule has 2 amide bonds. The van der Waals surface area contributed by atoms with Crippen LogP contribution in [-0.2, 0) is 9.59 Å². The van der Waals surface area contributed by atoms with E-state index in [0.717, 1.165) is 17.1 Å². The summed E-state index contributed by atoms with van der Waals surface area (Å²) in [5.41, 5.74) is 3.11. The maximum Gasteiger partial charge on any atom is 0.254 e. The highest BCUT2D eigenvalue weighted by molar-refractivity contribution is 6.06. The van der Waals surface area contributed by atoms with Crippen LogP contribution in [0.3, 0.4) is 0 Å². The van der Waals surface area contributed by atoms with Crippen LogP contribution in [0.25, 0.3) is 0 Å². The Kier molecular flexibility index (Phi) is 8.33. The van der Waals surface area contributed by atoms with E-state index in [9.17, 15) is 9.59 Å². The minimum atomic E-state index is -0.137. The summed E-state index contributed by atoms with van der Waals surface area (Å²) in [6.45, 7) is 8.86. The minimum Gasteiger partial charge on any atom is -0.312 e. The molecular formula is C26H26N2O2. The van der Waals surface area contributed by atoms with Gasteiger partial charge in [0, 0.05) is 29.7 Å². The number of rotatable bonds is 5. The molecule has 0 aliphatic heterocycles. The fourth-order valence-corrected chi connectivity index (χ4v) is 2.70. The third kappa shape index (κ3) is 6.04. The monoisotopic (exact) mass is 398 g/mol. The Bertz CT molecular complexity index is 944. The molecule has 0 aromatic heterocycles.